The molecule has 0 aliphatic carbocycles. The number of anilines is 1. The van der Waals surface area contributed by atoms with Crippen LogP contribution >= 0.6 is 22.9 Å². The second-order valence-corrected chi connectivity index (χ2v) is 7.97. The van der Waals surface area contributed by atoms with E-state index >= 15 is 0 Å². The highest BCUT2D eigenvalue weighted by Gasteiger charge is 2.17. The average Bonchev–Trinajstić information content (AvgIpc) is 3.10. The van der Waals surface area contributed by atoms with Gasteiger partial charge in [0, 0.05) is 10.7 Å². The minimum absolute atomic E-state index is 0.248. The molecule has 0 atom stereocenters. The van der Waals surface area contributed by atoms with Gasteiger partial charge in [0.2, 0.25) is 0 Å². The van der Waals surface area contributed by atoms with Gasteiger partial charge in [-0.25, -0.2) is 9.78 Å². The monoisotopic (exact) mass is 444 g/mol. The molecule has 0 aliphatic heterocycles. The fourth-order valence-electron chi connectivity index (χ4n) is 2.70. The van der Waals surface area contributed by atoms with Gasteiger partial charge in [0.15, 0.2) is 0 Å². The van der Waals surface area contributed by atoms with Crippen LogP contribution in [0.5, 0.6) is 5.75 Å². The number of hydrogen-bond acceptors (Lipinski definition) is 6. The number of ether oxygens (including phenoxy) is 2. The molecule has 156 valence electrons. The number of aromatic nitrogens is 1. The highest BCUT2D eigenvalue weighted by molar-refractivity contribution is 7.13. The number of halogens is 1. The fraction of sp³-hybridized carbons (Fsp3) is 0.227. The summed E-state index contributed by atoms with van der Waals surface area (Å²) in [6.45, 7) is 5.96. The van der Waals surface area contributed by atoms with Crippen LogP contribution in [0.15, 0.2) is 42.5 Å². The van der Waals surface area contributed by atoms with Gasteiger partial charge in [0.25, 0.3) is 5.91 Å². The zero-order valence-corrected chi connectivity index (χ0v) is 18.4. The zero-order valence-electron chi connectivity index (χ0n) is 16.8. The van der Waals surface area contributed by atoms with Gasteiger partial charge in [-0.05, 0) is 62.7 Å². The van der Waals surface area contributed by atoms with Gasteiger partial charge in [0.05, 0.1) is 17.9 Å². The van der Waals surface area contributed by atoms with Gasteiger partial charge in [-0.15, -0.1) is 11.3 Å². The van der Waals surface area contributed by atoms with Crippen molar-refractivity contribution >= 4 is 40.5 Å². The Hall–Kier alpha value is -2.90. The Morgan fingerprint density at radius 2 is 1.97 bits per heavy atom. The largest absolute Gasteiger partial charge is 0.486 e. The maximum Gasteiger partial charge on any atom is 0.338 e. The van der Waals surface area contributed by atoms with Crippen molar-refractivity contribution in [1.82, 2.24) is 4.98 Å². The normalized spacial score (nSPS) is 10.5. The third kappa shape index (κ3) is 5.37. The molecule has 0 unspecified atom stereocenters. The second-order valence-electron chi connectivity index (χ2n) is 6.48. The Morgan fingerprint density at radius 1 is 1.17 bits per heavy atom. The molecule has 1 N–H and O–H groups in total. The van der Waals surface area contributed by atoms with E-state index in [0.717, 1.165) is 5.56 Å². The van der Waals surface area contributed by atoms with Gasteiger partial charge < -0.3 is 14.8 Å². The summed E-state index contributed by atoms with van der Waals surface area (Å²) in [4.78, 5) is 29.5. The molecule has 0 radical (unpaired) electrons. The highest BCUT2D eigenvalue weighted by Crippen LogP contribution is 2.24. The predicted octanol–water partition coefficient (Wildman–Crippen LogP) is 5.42. The first-order chi connectivity index (χ1) is 14.4. The molecule has 0 bridgehead atoms. The predicted molar refractivity (Wildman–Crippen MR) is 118 cm³/mol. The Balaban J connectivity index is 1.67. The quantitative estimate of drug-likeness (QED) is 0.492. The summed E-state index contributed by atoms with van der Waals surface area (Å²) in [6.07, 6.45) is 0. The molecule has 3 rings (SSSR count). The summed E-state index contributed by atoms with van der Waals surface area (Å²) >= 11 is 7.30. The van der Waals surface area contributed by atoms with Crippen molar-refractivity contribution < 1.29 is 19.1 Å². The number of esters is 1. The lowest BCUT2D eigenvalue weighted by molar-refractivity contribution is 0.0526. The third-order valence-corrected chi connectivity index (χ3v) is 5.72. The number of aryl methyl sites for hydroxylation is 2. The van der Waals surface area contributed by atoms with Crippen LogP contribution in [0.25, 0.3) is 0 Å². The van der Waals surface area contributed by atoms with Crippen molar-refractivity contribution in [2.24, 2.45) is 0 Å². The molecule has 0 saturated heterocycles. The molecule has 1 heterocycles. The van der Waals surface area contributed by atoms with Crippen LogP contribution in [0, 0.1) is 13.8 Å². The van der Waals surface area contributed by atoms with Crippen LogP contribution in [0.3, 0.4) is 0 Å². The van der Waals surface area contributed by atoms with E-state index in [4.69, 9.17) is 21.1 Å². The summed E-state index contributed by atoms with van der Waals surface area (Å²) in [5.41, 5.74) is 2.43. The van der Waals surface area contributed by atoms with E-state index < -0.39 is 5.97 Å². The number of nitrogens with one attached hydrogen (secondary N) is 1. The van der Waals surface area contributed by atoms with E-state index in [9.17, 15) is 9.59 Å². The first-order valence-corrected chi connectivity index (χ1v) is 10.5. The Kier molecular flexibility index (Phi) is 7.07. The zero-order chi connectivity index (χ0) is 21.7. The Morgan fingerprint density at radius 3 is 2.70 bits per heavy atom. The van der Waals surface area contributed by atoms with E-state index in [0.29, 0.717) is 37.6 Å². The van der Waals surface area contributed by atoms with E-state index in [1.54, 1.807) is 50.2 Å². The molecule has 1 amide bonds. The number of carbonyl (C=O) groups excluding carboxylic acids is 2. The number of carbonyl (C=O) groups is 2. The molecular formula is C22H21ClN2O4S. The molecule has 0 spiro atoms. The van der Waals surface area contributed by atoms with Gasteiger partial charge in [-0.2, -0.15) is 0 Å². The SMILES string of the molecule is CCOC(=O)c1cccc(NC(=O)c2sc(COc3ccc(Cl)c(C)c3)nc2C)c1. The first-order valence-electron chi connectivity index (χ1n) is 9.31. The number of thiazole rings is 1. The summed E-state index contributed by atoms with van der Waals surface area (Å²) in [6, 6.07) is 12.0. The van der Waals surface area contributed by atoms with Crippen LogP contribution in [0.1, 0.15) is 43.2 Å². The number of rotatable bonds is 7. The van der Waals surface area contributed by atoms with Crippen LogP contribution in [0.4, 0.5) is 5.69 Å². The van der Waals surface area contributed by atoms with E-state index in [1.165, 1.54) is 11.3 Å². The number of hydrogen-bond donors (Lipinski definition) is 1. The second kappa shape index (κ2) is 9.73. The number of benzene rings is 2. The average molecular weight is 445 g/mol. The molecule has 0 saturated carbocycles. The van der Waals surface area contributed by atoms with Crippen LogP contribution < -0.4 is 10.1 Å². The maximum absolute atomic E-state index is 12.7. The van der Waals surface area contributed by atoms with Gasteiger partial charge in [-0.1, -0.05) is 17.7 Å². The van der Waals surface area contributed by atoms with E-state index in [1.807, 2.05) is 13.0 Å². The molecule has 8 heteroatoms. The first kappa shape index (κ1) is 21.8. The molecule has 3 aromatic rings. The Bertz CT molecular complexity index is 1080. The maximum atomic E-state index is 12.7. The minimum Gasteiger partial charge on any atom is -0.486 e. The van der Waals surface area contributed by atoms with E-state index in [2.05, 4.69) is 10.3 Å². The summed E-state index contributed by atoms with van der Waals surface area (Å²) in [5.74, 6) is -0.0365. The standard InChI is InChI=1S/C22H21ClN2O4S/c1-4-28-22(27)15-6-5-7-16(11-15)25-21(26)20-14(3)24-19(30-20)12-29-17-8-9-18(23)13(2)10-17/h5-11H,4,12H2,1-3H3,(H,25,26). The lowest BCUT2D eigenvalue weighted by Crippen LogP contribution is -2.12. The highest BCUT2D eigenvalue weighted by atomic mass is 35.5. The molecule has 30 heavy (non-hydrogen) atoms. The van der Waals surface area contributed by atoms with Crippen molar-refractivity contribution in [2.45, 2.75) is 27.4 Å². The van der Waals surface area contributed by atoms with Crippen LogP contribution in [-0.4, -0.2) is 23.5 Å². The topological polar surface area (TPSA) is 77.5 Å². The molecule has 0 aliphatic rings. The van der Waals surface area contributed by atoms with Crippen LogP contribution in [-0.2, 0) is 11.3 Å². The lowest BCUT2D eigenvalue weighted by Gasteiger charge is -2.07. The fourth-order valence-corrected chi connectivity index (χ4v) is 3.69. The van der Waals surface area contributed by atoms with Crippen molar-refractivity contribution in [3.63, 3.8) is 0 Å². The van der Waals surface area contributed by atoms with Crippen molar-refractivity contribution in [3.05, 3.63) is 74.2 Å². The minimum atomic E-state index is -0.431. The molecule has 6 nitrogen and oxygen atoms in total. The summed E-state index contributed by atoms with van der Waals surface area (Å²) < 4.78 is 10.8. The van der Waals surface area contributed by atoms with E-state index in [-0.39, 0.29) is 19.1 Å². The molecular weight excluding hydrogens is 424 g/mol. The number of nitrogens with zero attached hydrogens (tertiary/aromatic N) is 1. The summed E-state index contributed by atoms with van der Waals surface area (Å²) in [5, 5.41) is 4.17. The number of amides is 1. The van der Waals surface area contributed by atoms with Crippen molar-refractivity contribution in [3.8, 4) is 5.75 Å². The molecule has 0 fully saturated rings. The Labute approximate surface area is 183 Å². The van der Waals surface area contributed by atoms with Crippen molar-refractivity contribution in [1.29, 1.82) is 0 Å². The lowest BCUT2D eigenvalue weighted by atomic mass is 10.2. The van der Waals surface area contributed by atoms with Crippen molar-refractivity contribution in [2.75, 3.05) is 11.9 Å². The third-order valence-electron chi connectivity index (χ3n) is 4.17. The molecule has 2 aromatic carbocycles. The van der Waals surface area contributed by atoms with Crippen LogP contribution in [0.2, 0.25) is 5.02 Å². The smallest absolute Gasteiger partial charge is 0.338 e. The molecule has 1 aromatic heterocycles. The summed E-state index contributed by atoms with van der Waals surface area (Å²) in [7, 11) is 0. The van der Waals surface area contributed by atoms with Gasteiger partial charge >= 0.3 is 5.97 Å². The van der Waals surface area contributed by atoms with Gasteiger partial charge in [0.1, 0.15) is 22.2 Å². The van der Waals surface area contributed by atoms with Gasteiger partial charge in [-0.3, -0.25) is 4.79 Å².